The van der Waals surface area contributed by atoms with Gasteiger partial charge in [0, 0.05) is 35.1 Å². The molecule has 0 spiro atoms. The monoisotopic (exact) mass is 511 g/mol. The Bertz CT molecular complexity index is 1210. The summed E-state index contributed by atoms with van der Waals surface area (Å²) in [6.07, 6.45) is 1.77. The van der Waals surface area contributed by atoms with E-state index < -0.39 is 5.97 Å². The fourth-order valence-electron chi connectivity index (χ4n) is 3.47. The van der Waals surface area contributed by atoms with Crippen LogP contribution in [0.15, 0.2) is 72.8 Å². The number of benzene rings is 2. The number of nitrogens with zero attached hydrogens (tertiary/aromatic N) is 2. The Hall–Kier alpha value is -3.67. The van der Waals surface area contributed by atoms with Gasteiger partial charge < -0.3 is 15.3 Å². The summed E-state index contributed by atoms with van der Waals surface area (Å²) in [5.74, 6) is -0.417. The molecule has 0 unspecified atom stereocenters. The average molecular weight is 511 g/mol. The molecule has 4 rings (SSSR count). The van der Waals surface area contributed by atoms with E-state index in [4.69, 9.17) is 19.9 Å². The number of carbonyl (C=O) groups is 1. The number of rotatable bonds is 5. The molecule has 0 saturated heterocycles. The molecule has 0 aliphatic rings. The first kappa shape index (κ1) is 27.6. The van der Waals surface area contributed by atoms with E-state index in [1.54, 1.807) is 12.1 Å². The molecule has 6 nitrogen and oxygen atoms in total. The smallest absolute Gasteiger partial charge is 0.300 e. The zero-order valence-electron chi connectivity index (χ0n) is 19.9. The van der Waals surface area contributed by atoms with E-state index in [1.165, 1.54) is 0 Å². The van der Waals surface area contributed by atoms with Crippen molar-refractivity contribution in [3.63, 3.8) is 0 Å². The maximum Gasteiger partial charge on any atom is 0.300 e. The molecule has 0 aliphatic carbocycles. The van der Waals surface area contributed by atoms with E-state index >= 15 is 0 Å². The zero-order chi connectivity index (χ0) is 24.7. The van der Waals surface area contributed by atoms with Gasteiger partial charge in [0.1, 0.15) is 11.5 Å². The Balaban J connectivity index is 0.000000804. The summed E-state index contributed by atoms with van der Waals surface area (Å²) >= 11 is 0. The number of aromatic hydroxyl groups is 2. The van der Waals surface area contributed by atoms with Gasteiger partial charge in [-0.2, -0.15) is 0 Å². The van der Waals surface area contributed by atoms with E-state index in [-0.39, 0.29) is 28.6 Å². The van der Waals surface area contributed by atoms with Crippen molar-refractivity contribution in [3.8, 4) is 45.4 Å². The second-order valence-electron chi connectivity index (χ2n) is 7.75. The number of pyridine rings is 2. The van der Waals surface area contributed by atoms with Crippen LogP contribution in [0.2, 0.25) is 0 Å². The molecule has 0 saturated carbocycles. The average Bonchev–Trinajstić information content (AvgIpc) is 2.84. The van der Waals surface area contributed by atoms with Crippen LogP contribution < -0.4 is 0 Å². The minimum Gasteiger partial charge on any atom is -0.507 e. The molecule has 2 heterocycles. The molecular formula is C28H28MnN2O4. The summed E-state index contributed by atoms with van der Waals surface area (Å²) in [6.45, 7) is 5.25. The standard InChI is InChI=1S/C26H24N2O2.C2H4O2.Mn/c1-3-17-11-13-25(29)19(15-17)21-7-5-9-23(27-21)24-10-6-8-22(28-24)20-16-18(4-2)12-14-26(20)30;1-2(3)4;/h5-16,29-30H,3-4H2,1-2H3;1H3,(H,3,4);. The Morgan fingerprint density at radius 3 is 1.37 bits per heavy atom. The van der Waals surface area contributed by atoms with Gasteiger partial charge in [0.2, 0.25) is 0 Å². The molecule has 4 aromatic rings. The van der Waals surface area contributed by atoms with Crippen molar-refractivity contribution in [2.75, 3.05) is 0 Å². The first-order valence-corrected chi connectivity index (χ1v) is 11.1. The Labute approximate surface area is 215 Å². The molecule has 0 atom stereocenters. The number of hydrogen-bond donors (Lipinski definition) is 3. The maximum atomic E-state index is 10.3. The van der Waals surface area contributed by atoms with Crippen molar-refractivity contribution in [1.29, 1.82) is 0 Å². The number of carboxylic acids is 1. The first-order chi connectivity index (χ1) is 16.3. The normalized spacial score (nSPS) is 10.0. The van der Waals surface area contributed by atoms with E-state index in [1.807, 2.05) is 60.7 Å². The first-order valence-electron chi connectivity index (χ1n) is 11.1. The van der Waals surface area contributed by atoms with Crippen LogP contribution in [0.3, 0.4) is 0 Å². The van der Waals surface area contributed by atoms with Crippen molar-refractivity contribution in [2.45, 2.75) is 33.6 Å². The van der Waals surface area contributed by atoms with Crippen LogP contribution in [0.4, 0.5) is 0 Å². The van der Waals surface area contributed by atoms with Crippen LogP contribution in [0.25, 0.3) is 33.9 Å². The second kappa shape index (κ2) is 12.7. The minimum atomic E-state index is -0.833. The fourth-order valence-corrected chi connectivity index (χ4v) is 3.47. The summed E-state index contributed by atoms with van der Waals surface area (Å²) in [7, 11) is 0. The van der Waals surface area contributed by atoms with Crippen LogP contribution in [0, 0.1) is 0 Å². The molecule has 0 fully saturated rings. The number of aromatic nitrogens is 2. The third-order valence-electron chi connectivity index (χ3n) is 5.25. The van der Waals surface area contributed by atoms with Crippen molar-refractivity contribution in [2.24, 2.45) is 0 Å². The SMILES string of the molecule is CC(=O)O.CCc1ccc(O)c(-c2cccc(-c3cccc(-c4cc(CC)ccc4O)n3)n2)c1.[Mn]. The van der Waals surface area contributed by atoms with Crippen LogP contribution in [-0.2, 0) is 34.7 Å². The van der Waals surface area contributed by atoms with Crippen LogP contribution >= 0.6 is 0 Å². The van der Waals surface area contributed by atoms with Crippen LogP contribution in [-0.4, -0.2) is 31.3 Å². The summed E-state index contributed by atoms with van der Waals surface area (Å²) < 4.78 is 0. The predicted molar refractivity (Wildman–Crippen MR) is 134 cm³/mol. The zero-order valence-corrected chi connectivity index (χ0v) is 21.0. The van der Waals surface area contributed by atoms with E-state index in [0.29, 0.717) is 33.9 Å². The molecule has 181 valence electrons. The maximum absolute atomic E-state index is 10.3. The number of hydrogen-bond acceptors (Lipinski definition) is 5. The number of aliphatic carboxylic acids is 1. The summed E-state index contributed by atoms with van der Waals surface area (Å²) in [5.41, 5.74) is 6.51. The molecular weight excluding hydrogens is 483 g/mol. The van der Waals surface area contributed by atoms with Crippen molar-refractivity contribution in [1.82, 2.24) is 9.97 Å². The Morgan fingerprint density at radius 1 is 0.686 bits per heavy atom. The van der Waals surface area contributed by atoms with E-state index in [9.17, 15) is 10.2 Å². The third-order valence-corrected chi connectivity index (χ3v) is 5.25. The van der Waals surface area contributed by atoms with Crippen LogP contribution in [0.1, 0.15) is 31.9 Å². The quantitative estimate of drug-likeness (QED) is 0.280. The van der Waals surface area contributed by atoms with Gasteiger partial charge in [0.15, 0.2) is 0 Å². The van der Waals surface area contributed by atoms with Gasteiger partial charge in [-0.05, 0) is 72.5 Å². The number of phenols is 2. The Kier molecular flexibility index (Phi) is 10.0. The second-order valence-corrected chi connectivity index (χ2v) is 7.75. The number of phenolic OH excluding ortho intramolecular Hbond substituents is 2. The van der Waals surface area contributed by atoms with Gasteiger partial charge in [-0.15, -0.1) is 0 Å². The number of aryl methyl sites for hydroxylation is 2. The molecule has 0 bridgehead atoms. The van der Waals surface area contributed by atoms with Gasteiger partial charge in [-0.1, -0.05) is 38.1 Å². The predicted octanol–water partition coefficient (Wildman–Crippen LogP) is 6.10. The van der Waals surface area contributed by atoms with Gasteiger partial charge in [0.05, 0.1) is 22.8 Å². The summed E-state index contributed by atoms with van der Waals surface area (Å²) in [5, 5.41) is 28.1. The van der Waals surface area contributed by atoms with Crippen molar-refractivity contribution >= 4 is 5.97 Å². The third kappa shape index (κ3) is 7.15. The molecule has 35 heavy (non-hydrogen) atoms. The molecule has 2 aromatic heterocycles. The fraction of sp³-hybridized carbons (Fsp3) is 0.179. The summed E-state index contributed by atoms with van der Waals surface area (Å²) in [4.78, 5) is 18.5. The molecule has 0 aliphatic heterocycles. The molecule has 2 aromatic carbocycles. The summed E-state index contributed by atoms with van der Waals surface area (Å²) in [6, 6.07) is 22.6. The van der Waals surface area contributed by atoms with Crippen molar-refractivity contribution < 1.29 is 37.2 Å². The van der Waals surface area contributed by atoms with E-state index in [2.05, 4.69) is 13.8 Å². The molecule has 3 N–H and O–H groups in total. The van der Waals surface area contributed by atoms with Gasteiger partial charge in [0.25, 0.3) is 5.97 Å². The molecule has 7 heteroatoms. The van der Waals surface area contributed by atoms with Crippen molar-refractivity contribution in [3.05, 3.63) is 83.9 Å². The van der Waals surface area contributed by atoms with Gasteiger partial charge in [-0.25, -0.2) is 9.97 Å². The van der Waals surface area contributed by atoms with Gasteiger partial charge in [-0.3, -0.25) is 4.79 Å². The molecule has 0 amide bonds. The van der Waals surface area contributed by atoms with E-state index in [0.717, 1.165) is 30.9 Å². The minimum absolute atomic E-state index is 0. The largest absolute Gasteiger partial charge is 0.507 e. The van der Waals surface area contributed by atoms with Gasteiger partial charge >= 0.3 is 0 Å². The Morgan fingerprint density at radius 2 is 1.03 bits per heavy atom. The molecule has 1 radical (unpaired) electrons. The van der Waals surface area contributed by atoms with Crippen LogP contribution in [0.5, 0.6) is 11.5 Å². The number of carboxylic acid groups (broad SMARTS) is 1. The topological polar surface area (TPSA) is 104 Å².